The fraction of sp³-hybridized carbons (Fsp3) is 0.345. The first-order valence-electron chi connectivity index (χ1n) is 11.8. The average Bonchev–Trinajstić information content (AvgIpc) is 2.82. The zero-order valence-corrected chi connectivity index (χ0v) is 20.9. The fourth-order valence-corrected chi connectivity index (χ4v) is 9.31. The van der Waals surface area contributed by atoms with Gasteiger partial charge in [0, 0.05) is 5.56 Å². The topological polar surface area (TPSA) is 26.3 Å². The monoisotopic (exact) mass is 444 g/mol. The van der Waals surface area contributed by atoms with Gasteiger partial charge in [-0.2, -0.15) is 0 Å². The molecule has 0 saturated carbocycles. The molecule has 0 aliphatic rings. The lowest BCUT2D eigenvalue weighted by Gasteiger charge is -2.45. The Balaban J connectivity index is 2.18. The van der Waals surface area contributed by atoms with E-state index in [9.17, 15) is 4.79 Å². The molecular weight excluding hydrogens is 408 g/mol. The average molecular weight is 445 g/mol. The summed E-state index contributed by atoms with van der Waals surface area (Å²) in [5, 5.41) is 2.48. The zero-order valence-electron chi connectivity index (χ0n) is 19.9. The van der Waals surface area contributed by atoms with E-state index in [0.29, 0.717) is 5.56 Å². The quantitative estimate of drug-likeness (QED) is 0.198. The van der Waals surface area contributed by atoms with Crippen molar-refractivity contribution in [3.63, 3.8) is 0 Å². The summed E-state index contributed by atoms with van der Waals surface area (Å²) < 4.78 is 7.43. The van der Waals surface area contributed by atoms with Crippen molar-refractivity contribution < 1.29 is 9.22 Å². The minimum atomic E-state index is -2.67. The standard InChI is InChI=1S/C29H36O2Si/c1-5-6-9-21-28(25-16-14-15-24(22-25)23-30)31-32(29(2,3)4,26-17-10-7-11-18-26)27-19-12-8-13-20-27/h7-8,10-20,22-23,28H,5-6,9,21H2,1-4H3. The van der Waals surface area contributed by atoms with Crippen LogP contribution < -0.4 is 10.4 Å². The van der Waals surface area contributed by atoms with E-state index in [4.69, 9.17) is 4.43 Å². The van der Waals surface area contributed by atoms with Crippen molar-refractivity contribution in [2.75, 3.05) is 0 Å². The van der Waals surface area contributed by atoms with Crippen molar-refractivity contribution in [3.05, 3.63) is 96.1 Å². The summed E-state index contributed by atoms with van der Waals surface area (Å²) in [7, 11) is -2.67. The molecule has 0 heterocycles. The molecule has 3 heteroatoms. The summed E-state index contributed by atoms with van der Waals surface area (Å²) in [6, 6.07) is 29.5. The summed E-state index contributed by atoms with van der Waals surface area (Å²) >= 11 is 0. The van der Waals surface area contributed by atoms with Gasteiger partial charge in [-0.3, -0.25) is 4.79 Å². The number of rotatable bonds is 10. The number of carbonyl (C=O) groups is 1. The maximum atomic E-state index is 11.5. The van der Waals surface area contributed by atoms with Crippen molar-refractivity contribution in [2.45, 2.75) is 64.5 Å². The van der Waals surface area contributed by atoms with E-state index >= 15 is 0 Å². The molecule has 0 aliphatic heterocycles. The summed E-state index contributed by atoms with van der Waals surface area (Å²) in [6.45, 7) is 9.16. The molecule has 3 aromatic rings. The third-order valence-electron chi connectivity index (χ3n) is 6.22. The molecule has 168 valence electrons. The van der Waals surface area contributed by atoms with Crippen molar-refractivity contribution in [3.8, 4) is 0 Å². The highest BCUT2D eigenvalue weighted by atomic mass is 28.4. The van der Waals surface area contributed by atoms with Crippen LogP contribution >= 0.6 is 0 Å². The van der Waals surface area contributed by atoms with E-state index in [2.05, 4.69) is 94.4 Å². The highest BCUT2D eigenvalue weighted by molar-refractivity contribution is 6.99. The molecule has 2 nitrogen and oxygen atoms in total. The lowest BCUT2D eigenvalue weighted by Crippen LogP contribution is -2.66. The van der Waals surface area contributed by atoms with Crippen molar-refractivity contribution in [1.29, 1.82) is 0 Å². The minimum Gasteiger partial charge on any atom is -0.400 e. The van der Waals surface area contributed by atoms with E-state index in [0.717, 1.165) is 24.7 Å². The van der Waals surface area contributed by atoms with E-state index < -0.39 is 8.32 Å². The summed E-state index contributed by atoms with van der Waals surface area (Å²) in [5.41, 5.74) is 1.80. The third kappa shape index (κ3) is 5.28. The van der Waals surface area contributed by atoms with E-state index in [1.807, 2.05) is 18.2 Å². The van der Waals surface area contributed by atoms with Crippen LogP contribution in [0.2, 0.25) is 5.04 Å². The fourth-order valence-electron chi connectivity index (χ4n) is 4.61. The highest BCUT2D eigenvalue weighted by Gasteiger charge is 2.51. The Morgan fingerprint density at radius 1 is 0.844 bits per heavy atom. The maximum absolute atomic E-state index is 11.5. The number of hydrogen-bond acceptors (Lipinski definition) is 2. The van der Waals surface area contributed by atoms with Gasteiger partial charge in [0.2, 0.25) is 0 Å². The Kier molecular flexibility index (Phi) is 8.22. The first-order valence-corrected chi connectivity index (χ1v) is 13.7. The van der Waals surface area contributed by atoms with E-state index in [1.54, 1.807) is 0 Å². The minimum absolute atomic E-state index is 0.0623. The van der Waals surface area contributed by atoms with Crippen LogP contribution in [0.3, 0.4) is 0 Å². The Hall–Kier alpha value is -2.49. The smallest absolute Gasteiger partial charge is 0.261 e. The molecule has 0 aromatic heterocycles. The lowest BCUT2D eigenvalue weighted by atomic mass is 10.0. The molecule has 32 heavy (non-hydrogen) atoms. The van der Waals surface area contributed by atoms with Crippen LogP contribution in [0.15, 0.2) is 84.9 Å². The molecule has 0 aliphatic carbocycles. The number of unbranched alkanes of at least 4 members (excludes halogenated alkanes) is 2. The normalized spacial score (nSPS) is 13.0. The molecule has 0 N–H and O–H groups in total. The van der Waals surface area contributed by atoms with Crippen LogP contribution in [0.4, 0.5) is 0 Å². The van der Waals surface area contributed by atoms with E-state index in [-0.39, 0.29) is 11.1 Å². The molecule has 0 radical (unpaired) electrons. The van der Waals surface area contributed by atoms with Gasteiger partial charge in [-0.1, -0.05) is 126 Å². The van der Waals surface area contributed by atoms with Crippen LogP contribution in [-0.2, 0) is 4.43 Å². The van der Waals surface area contributed by atoms with Gasteiger partial charge in [0.25, 0.3) is 8.32 Å². The predicted molar refractivity (Wildman–Crippen MR) is 137 cm³/mol. The summed E-state index contributed by atoms with van der Waals surface area (Å²) in [4.78, 5) is 11.5. The molecule has 0 saturated heterocycles. The molecular formula is C29H36O2Si. The van der Waals surface area contributed by atoms with Crippen molar-refractivity contribution in [1.82, 2.24) is 0 Å². The number of aldehydes is 1. The lowest BCUT2D eigenvalue weighted by molar-refractivity contribution is 0.112. The van der Waals surface area contributed by atoms with Crippen LogP contribution in [0.5, 0.6) is 0 Å². The van der Waals surface area contributed by atoms with Crippen molar-refractivity contribution in [2.24, 2.45) is 0 Å². The van der Waals surface area contributed by atoms with Crippen molar-refractivity contribution >= 4 is 25.0 Å². The van der Waals surface area contributed by atoms with Gasteiger partial charge in [0.15, 0.2) is 0 Å². The van der Waals surface area contributed by atoms with Gasteiger partial charge in [0.05, 0.1) is 6.10 Å². The van der Waals surface area contributed by atoms with E-state index in [1.165, 1.54) is 23.2 Å². The Morgan fingerprint density at radius 3 is 1.94 bits per heavy atom. The zero-order chi connectivity index (χ0) is 23.0. The van der Waals surface area contributed by atoms with Gasteiger partial charge in [-0.05, 0) is 33.5 Å². The SMILES string of the molecule is CCCCCC(O[Si](c1ccccc1)(c1ccccc1)C(C)(C)C)c1cccc(C=O)c1. The third-order valence-corrected chi connectivity index (χ3v) is 11.3. The number of carbonyl (C=O) groups excluding carboxylic acids is 1. The van der Waals surface area contributed by atoms with Gasteiger partial charge in [0.1, 0.15) is 6.29 Å². The summed E-state index contributed by atoms with van der Waals surface area (Å²) in [6.07, 6.45) is 5.25. The maximum Gasteiger partial charge on any atom is 0.261 e. The molecule has 0 amide bonds. The van der Waals surface area contributed by atoms with Crippen LogP contribution in [0, 0.1) is 0 Å². The Labute approximate surface area is 194 Å². The van der Waals surface area contributed by atoms with Gasteiger partial charge in [-0.25, -0.2) is 0 Å². The van der Waals surface area contributed by atoms with Gasteiger partial charge in [-0.15, -0.1) is 0 Å². The second kappa shape index (κ2) is 10.9. The largest absolute Gasteiger partial charge is 0.400 e. The highest BCUT2D eigenvalue weighted by Crippen LogP contribution is 2.41. The molecule has 0 fully saturated rings. The van der Waals surface area contributed by atoms with Crippen LogP contribution in [-0.4, -0.2) is 14.6 Å². The predicted octanol–water partition coefficient (Wildman–Crippen LogP) is 6.70. The van der Waals surface area contributed by atoms with Gasteiger partial charge >= 0.3 is 0 Å². The molecule has 3 rings (SSSR count). The van der Waals surface area contributed by atoms with Crippen LogP contribution in [0.25, 0.3) is 0 Å². The number of benzene rings is 3. The second-order valence-electron chi connectivity index (χ2n) is 9.55. The first-order chi connectivity index (χ1) is 15.4. The summed E-state index contributed by atoms with van der Waals surface area (Å²) in [5.74, 6) is 0. The molecule has 1 unspecified atom stereocenters. The Morgan fingerprint density at radius 2 is 1.44 bits per heavy atom. The van der Waals surface area contributed by atoms with Crippen LogP contribution in [0.1, 0.15) is 75.4 Å². The Bertz CT molecular complexity index is 937. The molecule has 1 atom stereocenters. The number of hydrogen-bond donors (Lipinski definition) is 0. The molecule has 3 aromatic carbocycles. The van der Waals surface area contributed by atoms with Gasteiger partial charge < -0.3 is 4.43 Å². The molecule has 0 spiro atoms. The molecule has 0 bridgehead atoms. The second-order valence-corrected chi connectivity index (χ2v) is 13.8. The first kappa shape index (κ1) is 24.2.